The van der Waals surface area contributed by atoms with Crippen molar-refractivity contribution < 1.29 is 20.6 Å². The van der Waals surface area contributed by atoms with E-state index in [9.17, 15) is 14.4 Å². The lowest BCUT2D eigenvalue weighted by molar-refractivity contribution is -0.132. The molecule has 1 fully saturated rings. The third-order valence-corrected chi connectivity index (χ3v) is 3.08. The average molecular weight is 293 g/mol. The van der Waals surface area contributed by atoms with Crippen LogP contribution < -0.4 is 11.3 Å². The molecule has 1 aromatic carbocycles. The van der Waals surface area contributed by atoms with Crippen LogP contribution in [0.2, 0.25) is 0 Å². The molecule has 1 unspecified atom stereocenters. The van der Waals surface area contributed by atoms with Gasteiger partial charge in [0.2, 0.25) is 0 Å². The van der Waals surface area contributed by atoms with E-state index in [0.717, 1.165) is 0 Å². The summed E-state index contributed by atoms with van der Waals surface area (Å²) in [5.41, 5.74) is 3.72. The maximum absolute atomic E-state index is 13.2. The van der Waals surface area contributed by atoms with Gasteiger partial charge in [-0.3, -0.25) is 19.0 Å². The molecule has 0 aliphatic heterocycles. The molecule has 0 saturated heterocycles. The molecule has 0 spiro atoms. The predicted molar refractivity (Wildman–Crippen MR) is 78.1 cm³/mol. The number of rotatable bonds is 1. The predicted octanol–water partition coefficient (Wildman–Crippen LogP) is 1.15. The first-order chi connectivity index (χ1) is 13.3. The van der Waals surface area contributed by atoms with Crippen LogP contribution in [0.4, 0.5) is 5.69 Å². The van der Waals surface area contributed by atoms with Gasteiger partial charge in [0.15, 0.2) is 5.78 Å². The van der Waals surface area contributed by atoms with Crippen molar-refractivity contribution in [2.45, 2.75) is 32.1 Å². The monoisotopic (exact) mass is 293 g/mol. The first-order valence-electron chi connectivity index (χ1n) is 10.1. The molecule has 3 rings (SSSR count). The molecule has 6 nitrogen and oxygen atoms in total. The average Bonchev–Trinajstić information content (AvgIpc) is 2.64. The van der Waals surface area contributed by atoms with Gasteiger partial charge in [0, 0.05) is 18.9 Å². The van der Waals surface area contributed by atoms with Crippen LogP contribution in [0.1, 0.15) is 42.0 Å². The minimum atomic E-state index is -3.14. The SMILES string of the molecule is [2H]Cc1nc2c([2H])c([2H])c([2H])c(N)c2c(=O)n1C1C(=O)CC(=O)C([2H])([2H])C1([2H])[2H]. The molecule has 0 radical (unpaired) electrons. The maximum Gasteiger partial charge on any atom is 0.264 e. The van der Waals surface area contributed by atoms with Crippen molar-refractivity contribution in [3.63, 3.8) is 0 Å². The zero-order chi connectivity index (χ0) is 22.0. The Bertz CT molecular complexity index is 1140. The normalized spacial score (nSPS) is 29.4. The third kappa shape index (κ3) is 2.12. The number of nitrogens with zero attached hydrogens (tertiary/aromatic N) is 2. The third-order valence-electron chi connectivity index (χ3n) is 3.08. The topological polar surface area (TPSA) is 95.0 Å². The van der Waals surface area contributed by atoms with Crippen molar-refractivity contribution >= 4 is 28.2 Å². The number of aryl methyl sites for hydroxylation is 1. The van der Waals surface area contributed by atoms with E-state index in [0.29, 0.717) is 4.57 Å². The standard InChI is InChI=1S/C15H15N3O3/c1-8-17-11-4-2-3-10(16)14(11)15(21)18(8)12-6-5-9(19)7-13(12)20/h2-4,12H,5-7,16H2,1H3/i1D,2D,3D,4D,5D2,6D2. The summed E-state index contributed by atoms with van der Waals surface area (Å²) < 4.78 is 63.4. The van der Waals surface area contributed by atoms with E-state index >= 15 is 0 Å². The molecule has 1 heterocycles. The molecule has 2 aromatic rings. The van der Waals surface area contributed by atoms with Crippen LogP contribution in [0.5, 0.6) is 0 Å². The lowest BCUT2D eigenvalue weighted by Gasteiger charge is -2.24. The highest BCUT2D eigenvalue weighted by Crippen LogP contribution is 2.24. The van der Waals surface area contributed by atoms with E-state index in [4.69, 9.17) is 16.7 Å². The lowest BCUT2D eigenvalue weighted by atomic mass is 9.92. The minimum Gasteiger partial charge on any atom is -0.398 e. The van der Waals surface area contributed by atoms with Gasteiger partial charge >= 0.3 is 0 Å². The second kappa shape index (κ2) is 4.80. The van der Waals surface area contributed by atoms with E-state index in [1.54, 1.807) is 0 Å². The first kappa shape index (κ1) is 6.98. The quantitative estimate of drug-likeness (QED) is 0.628. The van der Waals surface area contributed by atoms with Gasteiger partial charge in [-0.05, 0) is 25.4 Å². The Labute approximate surface area is 131 Å². The maximum atomic E-state index is 13.2. The fourth-order valence-corrected chi connectivity index (χ4v) is 2.13. The summed E-state index contributed by atoms with van der Waals surface area (Å²) >= 11 is 0. The van der Waals surface area contributed by atoms with Crippen LogP contribution in [-0.2, 0) is 9.59 Å². The Morgan fingerprint density at radius 3 is 3.05 bits per heavy atom. The van der Waals surface area contributed by atoms with Gasteiger partial charge in [-0.25, -0.2) is 4.98 Å². The van der Waals surface area contributed by atoms with Crippen LogP contribution in [0.25, 0.3) is 10.9 Å². The number of benzene rings is 1. The molecule has 21 heavy (non-hydrogen) atoms. The molecule has 0 bridgehead atoms. The summed E-state index contributed by atoms with van der Waals surface area (Å²) in [6.07, 6.45) is -7.18. The van der Waals surface area contributed by atoms with Crippen molar-refractivity contribution in [2.75, 3.05) is 5.73 Å². The highest BCUT2D eigenvalue weighted by molar-refractivity contribution is 6.03. The molecule has 6 heteroatoms. The van der Waals surface area contributed by atoms with Crippen molar-refractivity contribution in [2.24, 2.45) is 0 Å². The molecule has 0 amide bonds. The van der Waals surface area contributed by atoms with Gasteiger partial charge in [-0.2, -0.15) is 0 Å². The number of fused-ring (bicyclic) bond motifs is 1. The molecule has 1 saturated carbocycles. The highest BCUT2D eigenvalue weighted by Gasteiger charge is 2.30. The van der Waals surface area contributed by atoms with Gasteiger partial charge in [0.1, 0.15) is 11.6 Å². The van der Waals surface area contributed by atoms with E-state index in [1.807, 2.05) is 0 Å². The number of anilines is 1. The van der Waals surface area contributed by atoms with Gasteiger partial charge in [0.25, 0.3) is 5.56 Å². The van der Waals surface area contributed by atoms with Crippen LogP contribution >= 0.6 is 0 Å². The molecule has 1 aliphatic rings. The summed E-state index contributed by atoms with van der Waals surface area (Å²) in [7, 11) is 0. The Balaban J connectivity index is 2.47. The van der Waals surface area contributed by atoms with E-state index in [-0.39, 0.29) is 5.52 Å². The van der Waals surface area contributed by atoms with E-state index in [1.165, 1.54) is 0 Å². The second-order valence-electron chi connectivity index (χ2n) is 4.45. The number of nitrogens with two attached hydrogens (primary N) is 1. The summed E-state index contributed by atoms with van der Waals surface area (Å²) in [5, 5.41) is -0.505. The second-order valence-corrected chi connectivity index (χ2v) is 4.45. The van der Waals surface area contributed by atoms with Crippen LogP contribution in [-0.4, -0.2) is 21.1 Å². The molecule has 1 atom stereocenters. The molecule has 108 valence electrons. The molecular weight excluding hydrogens is 270 g/mol. The van der Waals surface area contributed by atoms with Crippen LogP contribution in [0.3, 0.4) is 0 Å². The molecule has 2 N–H and O–H groups in total. The molecule has 1 aliphatic carbocycles. The molecular formula is C15H15N3O3. The number of carbonyl (C=O) groups is 2. The smallest absolute Gasteiger partial charge is 0.264 e. The first-order valence-corrected chi connectivity index (χ1v) is 5.94. The lowest BCUT2D eigenvalue weighted by Crippen LogP contribution is -2.36. The number of Topliss-reactive ketones (excluding diaryl/α,β-unsaturated/α-hetero) is 2. The van der Waals surface area contributed by atoms with Gasteiger partial charge < -0.3 is 5.73 Å². The van der Waals surface area contributed by atoms with Gasteiger partial charge in [0.05, 0.1) is 27.5 Å². The van der Waals surface area contributed by atoms with Crippen molar-refractivity contribution in [1.82, 2.24) is 9.55 Å². The number of ketones is 2. The number of hydrogen-bond donors (Lipinski definition) is 1. The largest absolute Gasteiger partial charge is 0.398 e. The zero-order valence-corrected chi connectivity index (χ0v) is 10.7. The van der Waals surface area contributed by atoms with Gasteiger partial charge in [-0.15, -0.1) is 0 Å². The van der Waals surface area contributed by atoms with Crippen LogP contribution in [0.15, 0.2) is 22.9 Å². The fourth-order valence-electron chi connectivity index (χ4n) is 2.13. The summed E-state index contributed by atoms with van der Waals surface area (Å²) in [5.74, 6) is -2.79. The van der Waals surface area contributed by atoms with E-state index in [2.05, 4.69) is 4.98 Å². The number of hydrogen-bond acceptors (Lipinski definition) is 5. The summed E-state index contributed by atoms with van der Waals surface area (Å²) in [6, 6.07) is -3.92. The Kier molecular flexibility index (Phi) is 1.59. The Hall–Kier alpha value is -2.50. The van der Waals surface area contributed by atoms with Crippen molar-refractivity contribution in [3.8, 4) is 0 Å². The number of aromatic nitrogens is 2. The summed E-state index contributed by atoms with van der Waals surface area (Å²) in [4.78, 5) is 41.5. The summed E-state index contributed by atoms with van der Waals surface area (Å²) in [6.45, 7) is -0.739. The Morgan fingerprint density at radius 1 is 1.48 bits per heavy atom. The minimum absolute atomic E-state index is 0.380. The highest BCUT2D eigenvalue weighted by atomic mass is 16.2. The van der Waals surface area contributed by atoms with Crippen molar-refractivity contribution in [1.29, 1.82) is 0 Å². The van der Waals surface area contributed by atoms with Crippen molar-refractivity contribution in [3.05, 3.63) is 34.3 Å². The molecule has 1 aromatic heterocycles. The zero-order valence-electron chi connectivity index (χ0n) is 18.7. The number of carbonyl (C=O) groups excluding carboxylic acids is 2. The Morgan fingerprint density at radius 2 is 2.29 bits per heavy atom. The van der Waals surface area contributed by atoms with Crippen LogP contribution in [0, 0.1) is 6.90 Å². The van der Waals surface area contributed by atoms with Gasteiger partial charge in [-0.1, -0.05) is 6.04 Å². The number of nitrogen functional groups attached to an aromatic ring is 1. The van der Waals surface area contributed by atoms with E-state index < -0.39 is 84.3 Å². The fraction of sp³-hybridized carbons (Fsp3) is 0.333.